The van der Waals surface area contributed by atoms with E-state index in [0.29, 0.717) is 73.7 Å². The van der Waals surface area contributed by atoms with Crippen LogP contribution < -0.4 is 15.8 Å². The number of H-pyrrole nitrogens is 1. The minimum atomic E-state index is -1.06. The molecule has 83 heavy (non-hydrogen) atoms. The molecule has 3 saturated carbocycles. The van der Waals surface area contributed by atoms with Gasteiger partial charge in [0, 0.05) is 77.1 Å². The summed E-state index contributed by atoms with van der Waals surface area (Å²) in [6.07, 6.45) is 18.7. The fourth-order valence-electron chi connectivity index (χ4n) is 18.9. The number of fused-ring (bicyclic) bond motifs is 8. The lowest BCUT2D eigenvalue weighted by molar-refractivity contribution is -0.141. The number of aromatic nitrogens is 1. The van der Waals surface area contributed by atoms with Gasteiger partial charge in [-0.2, -0.15) is 0 Å². The van der Waals surface area contributed by atoms with Crippen molar-refractivity contribution in [3.63, 3.8) is 0 Å². The molecular weight excluding hydrogens is 1070 g/mol. The van der Waals surface area contributed by atoms with Gasteiger partial charge in [-0.05, 0) is 188 Å². The van der Waals surface area contributed by atoms with Crippen molar-refractivity contribution in [2.45, 2.75) is 165 Å². The minimum absolute atomic E-state index is 0.00257. The van der Waals surface area contributed by atoms with Gasteiger partial charge in [-0.25, -0.2) is 0 Å². The van der Waals surface area contributed by atoms with Crippen molar-refractivity contribution in [1.29, 1.82) is 0 Å². The first-order chi connectivity index (χ1) is 40.4. The number of hydrogen-bond acceptors (Lipinski definition) is 11. The summed E-state index contributed by atoms with van der Waals surface area (Å²) in [4.78, 5) is 3.40. The molecule has 0 radical (unpaired) electrons. The number of allylic oxidation sites excluding steroid dienone is 3. The van der Waals surface area contributed by atoms with E-state index in [1.165, 1.54) is 42.4 Å². The lowest BCUT2D eigenvalue weighted by atomic mass is 9.42. The van der Waals surface area contributed by atoms with E-state index in [4.69, 9.17) is 10.5 Å². The molecule has 0 amide bonds. The largest absolute Gasteiger partial charge is 0.504 e. The Kier molecular flexibility index (Phi) is 16.8. The molecule has 1 saturated heterocycles. The molecule has 3 aromatic carbocycles. The Morgan fingerprint density at radius 2 is 1.61 bits per heavy atom. The molecule has 3 heterocycles. The number of phenolic OH excluding ortho intramolecular Hbond substituents is 1. The van der Waals surface area contributed by atoms with Gasteiger partial charge in [-0.3, -0.25) is 0 Å². The number of aliphatic hydroxyl groups is 5. The molecule has 0 bridgehead atoms. The van der Waals surface area contributed by atoms with Gasteiger partial charge in [-0.1, -0.05) is 138 Å². The number of nitrogens with two attached hydrogens (primary N) is 1. The molecule has 2 spiro atoms. The molecule has 10 N–H and O–H groups in total. The quantitative estimate of drug-likeness (QED) is 0.0488. The second-order valence-electron chi connectivity index (χ2n) is 27.1. The van der Waals surface area contributed by atoms with Crippen molar-refractivity contribution >= 4 is 21.6 Å². The summed E-state index contributed by atoms with van der Waals surface area (Å²) in [7, 11) is 3.28. The monoisotopic (exact) mass is 1160 g/mol. The average Bonchev–Trinajstić information content (AvgIpc) is 2.08. The van der Waals surface area contributed by atoms with Crippen LogP contribution in [0.2, 0.25) is 0 Å². The molecular formula is C71H89N3O7S2. The van der Waals surface area contributed by atoms with E-state index >= 15 is 0 Å². The molecule has 17 atom stereocenters. The van der Waals surface area contributed by atoms with Crippen LogP contribution in [-0.2, 0) is 25.7 Å². The predicted octanol–water partition coefficient (Wildman–Crippen LogP) is 11.5. The van der Waals surface area contributed by atoms with E-state index in [1.54, 1.807) is 27.2 Å². The summed E-state index contributed by atoms with van der Waals surface area (Å²) in [5, 5.41) is 77.0. The lowest BCUT2D eigenvalue weighted by Gasteiger charge is -2.62. The Morgan fingerprint density at radius 3 is 2.41 bits per heavy atom. The van der Waals surface area contributed by atoms with Gasteiger partial charge in [0.2, 0.25) is 0 Å². The van der Waals surface area contributed by atoms with Crippen LogP contribution in [-0.4, -0.2) is 90.8 Å². The van der Waals surface area contributed by atoms with E-state index in [9.17, 15) is 30.6 Å². The molecule has 12 heteroatoms. The number of benzene rings is 3. The maximum Gasteiger partial charge on any atom is 0.161 e. The molecule has 7 aliphatic carbocycles. The zero-order chi connectivity index (χ0) is 57.0. The van der Waals surface area contributed by atoms with E-state index < -0.39 is 53.7 Å². The highest BCUT2D eigenvalue weighted by Crippen LogP contribution is 2.67. The van der Waals surface area contributed by atoms with Crippen LogP contribution in [0.5, 0.6) is 11.5 Å². The number of ether oxygens (including phenoxy) is 1. The first-order valence-corrected chi connectivity index (χ1v) is 34.4. The van der Waals surface area contributed by atoms with Crippen LogP contribution in [0.15, 0.2) is 120 Å². The Hall–Kier alpha value is -4.58. The fraction of sp³-hybridized carbons (Fsp3) is 0.577. The second kappa shape index (κ2) is 24.3. The number of phenols is 1. The Balaban J connectivity index is 0.893. The Labute approximate surface area is 500 Å². The molecule has 4 aromatic rings. The first kappa shape index (κ1) is 57.5. The normalized spacial score (nSPS) is 36.8. The van der Waals surface area contributed by atoms with Crippen LogP contribution in [0.3, 0.4) is 0 Å². The van der Waals surface area contributed by atoms with Crippen LogP contribution in [0.1, 0.15) is 142 Å². The van der Waals surface area contributed by atoms with Crippen molar-refractivity contribution in [1.82, 2.24) is 10.3 Å². The standard InChI is InChI=1S/C71H89N3O7S2/c1-2-42-29-47-33-61(78)63(81-64-34-48(30-50-17-12-27-73-50)51-22-28-74-69(72)57(51)41-83-82-40-49(39-75)68(64)80)36-53(47)54-35-62(79)65-45(32-52(42)54)21-26-71(25-9-8-18-59(65)76)38-56(43-13-4-3-5-14-43)55-31-44-15-6-7-16-46(44)37-70(23-10-11-24-70)58-19-20-60(77)67(71)66(55)58/h3-7,12-17,22,27,32-33,36,42,45,48-49,54-56,58-60,62,64-68,73-80H,2,8-11,18-20,23-25,28-31,34-35,37-41,72H2,1H3/t42-,45-,48-,49+,54+,55-,56+,58+,59+,60-,62-,64+,65+,66+,67+,68+,71+/m1/s1. The molecule has 9 aliphatic rings. The van der Waals surface area contributed by atoms with Crippen molar-refractivity contribution in [3.8, 4) is 23.3 Å². The number of aromatic hydroxyl groups is 1. The molecule has 0 unspecified atom stereocenters. The van der Waals surface area contributed by atoms with Crippen molar-refractivity contribution in [2.75, 3.05) is 24.7 Å². The second-order valence-corrected chi connectivity index (χ2v) is 29.6. The van der Waals surface area contributed by atoms with Crippen LogP contribution in [0.4, 0.5) is 0 Å². The zero-order valence-electron chi connectivity index (χ0n) is 48.5. The third-order valence-corrected chi connectivity index (χ3v) is 25.2. The number of aromatic amines is 1. The molecule has 10 nitrogen and oxygen atoms in total. The summed E-state index contributed by atoms with van der Waals surface area (Å²) in [5.41, 5.74) is 17.3. The topological polar surface area (TPSA) is 184 Å². The molecule has 1 aromatic heterocycles. The van der Waals surface area contributed by atoms with Crippen LogP contribution in [0.25, 0.3) is 0 Å². The smallest absolute Gasteiger partial charge is 0.161 e. The maximum atomic E-state index is 12.9. The summed E-state index contributed by atoms with van der Waals surface area (Å²) >= 11 is 0. The molecule has 13 rings (SSSR count). The Morgan fingerprint density at radius 1 is 0.807 bits per heavy atom. The highest BCUT2D eigenvalue weighted by molar-refractivity contribution is 8.76. The van der Waals surface area contributed by atoms with Gasteiger partial charge >= 0.3 is 0 Å². The molecule has 2 aliphatic heterocycles. The number of dihydropyridines is 1. The van der Waals surface area contributed by atoms with E-state index in [-0.39, 0.29) is 53.1 Å². The van der Waals surface area contributed by atoms with Gasteiger partial charge in [-0.15, -0.1) is 0 Å². The fourth-order valence-corrected chi connectivity index (χ4v) is 21.4. The summed E-state index contributed by atoms with van der Waals surface area (Å²) in [5.74, 6) is 10.1. The van der Waals surface area contributed by atoms with Crippen LogP contribution in [0, 0.1) is 75.9 Å². The third kappa shape index (κ3) is 11.0. The minimum Gasteiger partial charge on any atom is -0.504 e. The van der Waals surface area contributed by atoms with Crippen molar-refractivity contribution in [2.24, 2.45) is 69.8 Å². The van der Waals surface area contributed by atoms with Crippen LogP contribution >= 0.6 is 21.6 Å². The molecule has 442 valence electrons. The van der Waals surface area contributed by atoms with E-state index in [1.807, 2.05) is 24.4 Å². The van der Waals surface area contributed by atoms with E-state index in [2.05, 4.69) is 102 Å². The van der Waals surface area contributed by atoms with Gasteiger partial charge in [0.05, 0.1) is 24.4 Å². The van der Waals surface area contributed by atoms with Gasteiger partial charge in [0.1, 0.15) is 11.9 Å². The third-order valence-electron chi connectivity index (χ3n) is 22.8. The number of nitrogens with one attached hydrogen (secondary N) is 2. The zero-order valence-corrected chi connectivity index (χ0v) is 50.1. The predicted molar refractivity (Wildman–Crippen MR) is 332 cm³/mol. The first-order valence-electron chi connectivity index (χ1n) is 32.0. The molecule has 4 fully saturated rings. The summed E-state index contributed by atoms with van der Waals surface area (Å²) in [6, 6.07) is 28.5. The highest BCUT2D eigenvalue weighted by atomic mass is 33.1. The highest BCUT2D eigenvalue weighted by Gasteiger charge is 2.62. The summed E-state index contributed by atoms with van der Waals surface area (Å²) < 4.78 is 7.04. The van der Waals surface area contributed by atoms with Gasteiger partial charge in [0.15, 0.2) is 11.5 Å². The van der Waals surface area contributed by atoms with Crippen molar-refractivity contribution < 1.29 is 35.4 Å². The Bertz CT molecular complexity index is 3110. The average molecular weight is 1160 g/mol. The maximum absolute atomic E-state index is 12.9. The number of aliphatic hydroxyl groups excluding tert-OH is 5. The van der Waals surface area contributed by atoms with E-state index in [0.717, 1.165) is 85.8 Å². The van der Waals surface area contributed by atoms with Crippen molar-refractivity contribution in [3.05, 3.63) is 153 Å². The SMILES string of the molecule is CC[C@@H]1Cc2cc(O)c(O[C@H]3C[C@@H](Cc4ccc[nH]4)C4=CCNC(N)=C4CSSC[C@H](CO)[C@@H]3O)cc2[C@H]2C[C@@H](O)[C@H]3[C@H](C#C[C@@]4(CCCC[C@@H]3O)C[C@@H](c3ccccc3)[C@H]3Cc5ccccc5CC5(CCCC5)[C@H]5CC[C@@H](O)[C@H]4[C@@H]35)C=C12. The lowest BCUT2D eigenvalue weighted by Crippen LogP contribution is -2.59. The summed E-state index contributed by atoms with van der Waals surface area (Å²) in [6.45, 7) is 2.59. The number of hydrogen-bond donors (Lipinski definition) is 9. The number of rotatable bonds is 7. The van der Waals surface area contributed by atoms with Gasteiger partial charge < -0.3 is 51.4 Å². The van der Waals surface area contributed by atoms with Gasteiger partial charge in [0.25, 0.3) is 0 Å².